The molecule has 8 heteroatoms. The highest BCUT2D eigenvalue weighted by atomic mass is 16.2. The van der Waals surface area contributed by atoms with Crippen LogP contribution in [0.2, 0.25) is 0 Å². The summed E-state index contributed by atoms with van der Waals surface area (Å²) in [7, 11) is 0. The van der Waals surface area contributed by atoms with Gasteiger partial charge in [0.15, 0.2) is 0 Å². The average molecular weight is 326 g/mol. The molecule has 2 aliphatic rings. The van der Waals surface area contributed by atoms with Gasteiger partial charge in [0.25, 0.3) is 5.56 Å². The van der Waals surface area contributed by atoms with Crippen LogP contribution in [-0.2, 0) is 16.1 Å². The molecule has 1 saturated heterocycles. The molecule has 3 heterocycles. The first-order valence-electron chi connectivity index (χ1n) is 7.64. The Balaban J connectivity index is 1.70. The summed E-state index contributed by atoms with van der Waals surface area (Å²) in [4.78, 5) is 54.8. The monoisotopic (exact) mass is 326 g/mol. The number of aryl methyl sites for hydroxylation is 1. The zero-order valence-corrected chi connectivity index (χ0v) is 12.9. The lowest BCUT2D eigenvalue weighted by atomic mass is 10.3. The van der Waals surface area contributed by atoms with Gasteiger partial charge >= 0.3 is 17.8 Å². The highest BCUT2D eigenvalue weighted by Gasteiger charge is 2.50. The zero-order chi connectivity index (χ0) is 17.0. The first-order valence-corrected chi connectivity index (χ1v) is 7.64. The van der Waals surface area contributed by atoms with Gasteiger partial charge in [0.05, 0.1) is 12.2 Å². The number of carbonyl (C=O) groups is 3. The molecule has 2 aromatic rings. The molecule has 1 aliphatic heterocycles. The molecule has 0 N–H and O–H groups in total. The molecule has 0 atom stereocenters. The molecule has 122 valence electrons. The predicted octanol–water partition coefficient (Wildman–Crippen LogP) is 0.456. The van der Waals surface area contributed by atoms with Crippen LogP contribution < -0.4 is 5.56 Å². The number of fused-ring (bicyclic) bond motifs is 1. The summed E-state index contributed by atoms with van der Waals surface area (Å²) in [5.41, 5.74) is 1.24. The van der Waals surface area contributed by atoms with E-state index in [-0.39, 0.29) is 23.8 Å². The standard InChI is InChI=1S/C16H14N4O4/c1-9-3-2-6-18-12(21)7-10(17-13(9)18)8-19-14(22)15(23)20(16(19)24)11-4-5-11/h2-3,6-7,11H,4-5,8H2,1H3. The van der Waals surface area contributed by atoms with Crippen molar-refractivity contribution >= 4 is 23.5 Å². The third kappa shape index (κ3) is 2.10. The van der Waals surface area contributed by atoms with Gasteiger partial charge in [-0.1, -0.05) is 6.07 Å². The van der Waals surface area contributed by atoms with E-state index in [4.69, 9.17) is 0 Å². The van der Waals surface area contributed by atoms with Crippen molar-refractivity contribution in [1.82, 2.24) is 19.2 Å². The molecule has 1 aliphatic carbocycles. The lowest BCUT2D eigenvalue weighted by Crippen LogP contribution is -2.35. The number of rotatable bonds is 3. The van der Waals surface area contributed by atoms with Crippen molar-refractivity contribution in [2.45, 2.75) is 32.4 Å². The summed E-state index contributed by atoms with van der Waals surface area (Å²) < 4.78 is 1.40. The second-order valence-corrected chi connectivity index (χ2v) is 6.05. The molecule has 0 unspecified atom stereocenters. The molecule has 0 bridgehead atoms. The molecule has 0 aromatic carbocycles. The first kappa shape index (κ1) is 14.6. The third-order valence-electron chi connectivity index (χ3n) is 4.26. The van der Waals surface area contributed by atoms with Crippen LogP contribution in [-0.4, -0.2) is 43.1 Å². The Bertz CT molecular complexity index is 960. The molecule has 24 heavy (non-hydrogen) atoms. The Kier molecular flexibility index (Phi) is 3.02. The minimum absolute atomic E-state index is 0.170. The van der Waals surface area contributed by atoms with Crippen molar-refractivity contribution in [2.24, 2.45) is 0 Å². The molecule has 8 nitrogen and oxygen atoms in total. The zero-order valence-electron chi connectivity index (χ0n) is 12.9. The van der Waals surface area contributed by atoms with E-state index < -0.39 is 17.8 Å². The summed E-state index contributed by atoms with van der Waals surface area (Å²) in [6, 6.07) is 4.04. The average Bonchev–Trinajstić information content (AvgIpc) is 3.34. The maximum Gasteiger partial charge on any atom is 0.334 e. The second kappa shape index (κ2) is 4.98. The van der Waals surface area contributed by atoms with E-state index in [2.05, 4.69) is 4.98 Å². The SMILES string of the molecule is Cc1cccn2c(=O)cc(CN3C(=O)C(=O)N(C4CC4)C3=O)nc12. The van der Waals surface area contributed by atoms with Crippen molar-refractivity contribution in [2.75, 3.05) is 0 Å². The van der Waals surface area contributed by atoms with E-state index in [1.807, 2.05) is 13.0 Å². The number of hydrogen-bond donors (Lipinski definition) is 0. The number of hydrogen-bond acceptors (Lipinski definition) is 5. The van der Waals surface area contributed by atoms with Gasteiger partial charge in [0, 0.05) is 18.3 Å². The maximum atomic E-state index is 12.3. The normalized spacial score (nSPS) is 18.1. The van der Waals surface area contributed by atoms with Crippen molar-refractivity contribution in [1.29, 1.82) is 0 Å². The minimum atomic E-state index is -0.862. The van der Waals surface area contributed by atoms with Gasteiger partial charge < -0.3 is 0 Å². The van der Waals surface area contributed by atoms with E-state index >= 15 is 0 Å². The smallest absolute Gasteiger partial charge is 0.269 e. The molecular weight excluding hydrogens is 312 g/mol. The predicted molar refractivity (Wildman–Crippen MR) is 82.0 cm³/mol. The van der Waals surface area contributed by atoms with E-state index in [0.717, 1.165) is 28.2 Å². The fourth-order valence-corrected chi connectivity index (χ4v) is 2.87. The first-order chi connectivity index (χ1) is 11.5. The van der Waals surface area contributed by atoms with Crippen LogP contribution in [0.3, 0.4) is 0 Å². The largest absolute Gasteiger partial charge is 0.334 e. The Morgan fingerprint density at radius 3 is 2.62 bits per heavy atom. The summed E-state index contributed by atoms with van der Waals surface area (Å²) in [6.07, 6.45) is 3.06. The van der Waals surface area contributed by atoms with Gasteiger partial charge in [-0.15, -0.1) is 0 Å². The molecule has 4 rings (SSSR count). The number of urea groups is 1. The van der Waals surface area contributed by atoms with E-state index in [1.165, 1.54) is 10.5 Å². The van der Waals surface area contributed by atoms with Crippen molar-refractivity contribution in [3.05, 3.63) is 46.0 Å². The molecule has 0 spiro atoms. The van der Waals surface area contributed by atoms with Gasteiger partial charge in [-0.3, -0.25) is 23.7 Å². The highest BCUT2D eigenvalue weighted by Crippen LogP contribution is 2.31. The second-order valence-electron chi connectivity index (χ2n) is 6.05. The van der Waals surface area contributed by atoms with Gasteiger partial charge in [-0.25, -0.2) is 14.7 Å². The molecular formula is C16H14N4O4. The van der Waals surface area contributed by atoms with Crippen LogP contribution in [0.5, 0.6) is 0 Å². The summed E-state index contributed by atoms with van der Waals surface area (Å²) >= 11 is 0. The fraction of sp³-hybridized carbons (Fsp3) is 0.312. The lowest BCUT2D eigenvalue weighted by molar-refractivity contribution is -0.143. The van der Waals surface area contributed by atoms with Gasteiger partial charge in [-0.2, -0.15) is 0 Å². The van der Waals surface area contributed by atoms with E-state index in [1.54, 1.807) is 12.3 Å². The van der Waals surface area contributed by atoms with E-state index in [9.17, 15) is 19.2 Å². The Hall–Kier alpha value is -3.03. The number of carbonyl (C=O) groups excluding carboxylic acids is 3. The lowest BCUT2D eigenvalue weighted by Gasteiger charge is -2.15. The Morgan fingerprint density at radius 1 is 1.17 bits per heavy atom. The van der Waals surface area contributed by atoms with Gasteiger partial charge in [0.1, 0.15) is 5.65 Å². The molecule has 1 saturated carbocycles. The minimum Gasteiger partial charge on any atom is -0.269 e. The molecule has 2 aromatic heterocycles. The fourth-order valence-electron chi connectivity index (χ4n) is 2.87. The van der Waals surface area contributed by atoms with Crippen LogP contribution >= 0.6 is 0 Å². The number of pyridine rings is 1. The molecule has 2 fully saturated rings. The molecule has 4 amide bonds. The molecule has 0 radical (unpaired) electrons. The number of imide groups is 2. The maximum absolute atomic E-state index is 12.3. The third-order valence-corrected chi connectivity index (χ3v) is 4.26. The van der Waals surface area contributed by atoms with Crippen molar-refractivity contribution < 1.29 is 14.4 Å². The van der Waals surface area contributed by atoms with Gasteiger partial charge in [-0.05, 0) is 31.4 Å². The van der Waals surface area contributed by atoms with Crippen molar-refractivity contribution in [3.8, 4) is 0 Å². The number of nitrogens with zero attached hydrogens (tertiary/aromatic N) is 4. The van der Waals surface area contributed by atoms with Crippen LogP contribution in [0.25, 0.3) is 5.65 Å². The summed E-state index contributed by atoms with van der Waals surface area (Å²) in [5, 5.41) is 0. The van der Waals surface area contributed by atoms with Crippen LogP contribution in [0.4, 0.5) is 4.79 Å². The Labute approximate surface area is 136 Å². The van der Waals surface area contributed by atoms with E-state index in [0.29, 0.717) is 5.65 Å². The Morgan fingerprint density at radius 2 is 1.92 bits per heavy atom. The summed E-state index contributed by atoms with van der Waals surface area (Å²) in [5.74, 6) is -1.66. The number of aromatic nitrogens is 2. The van der Waals surface area contributed by atoms with Crippen molar-refractivity contribution in [3.63, 3.8) is 0 Å². The van der Waals surface area contributed by atoms with Crippen LogP contribution in [0.1, 0.15) is 24.1 Å². The van der Waals surface area contributed by atoms with Gasteiger partial charge in [0.2, 0.25) is 0 Å². The summed E-state index contributed by atoms with van der Waals surface area (Å²) in [6.45, 7) is 1.63. The number of amides is 4. The topological polar surface area (TPSA) is 92.1 Å². The van der Waals surface area contributed by atoms with Crippen LogP contribution in [0.15, 0.2) is 29.2 Å². The van der Waals surface area contributed by atoms with Crippen LogP contribution in [0, 0.1) is 6.92 Å². The highest BCUT2D eigenvalue weighted by molar-refractivity contribution is 6.44. The quantitative estimate of drug-likeness (QED) is 0.603.